The topological polar surface area (TPSA) is 29.1 Å². The van der Waals surface area contributed by atoms with Gasteiger partial charge in [0, 0.05) is 16.6 Å². The highest BCUT2D eigenvalue weighted by Crippen LogP contribution is 2.18. The number of carbonyl (C=O) groups is 1. The van der Waals surface area contributed by atoms with Crippen LogP contribution < -0.4 is 5.32 Å². The monoisotopic (exact) mass is 331 g/mol. The standard InChI is InChI=1S/C17H18BrNO/c1-12(2)14-7-9-16(10-8-14)19-17(20)15-5-3-13(11-18)4-6-15/h3-10,12H,11H2,1-2H3,(H,19,20). The van der Waals surface area contributed by atoms with Gasteiger partial charge < -0.3 is 5.32 Å². The number of nitrogens with one attached hydrogen (secondary N) is 1. The molecule has 2 aromatic rings. The van der Waals surface area contributed by atoms with Crippen LogP contribution in [-0.2, 0) is 5.33 Å². The Bertz CT molecular complexity index is 573. The van der Waals surface area contributed by atoms with Gasteiger partial charge in [-0.25, -0.2) is 0 Å². The Kier molecular flexibility index (Phi) is 4.96. The molecule has 3 heteroatoms. The summed E-state index contributed by atoms with van der Waals surface area (Å²) in [5.74, 6) is 0.417. The molecule has 20 heavy (non-hydrogen) atoms. The summed E-state index contributed by atoms with van der Waals surface area (Å²) in [6, 6.07) is 15.6. The lowest BCUT2D eigenvalue weighted by atomic mass is 10.0. The van der Waals surface area contributed by atoms with E-state index in [1.807, 2.05) is 48.5 Å². The first-order valence-electron chi connectivity index (χ1n) is 6.66. The number of hydrogen-bond donors (Lipinski definition) is 1. The van der Waals surface area contributed by atoms with E-state index in [2.05, 4.69) is 35.1 Å². The highest BCUT2D eigenvalue weighted by molar-refractivity contribution is 9.08. The number of alkyl halides is 1. The molecule has 0 heterocycles. The van der Waals surface area contributed by atoms with Gasteiger partial charge >= 0.3 is 0 Å². The number of benzene rings is 2. The van der Waals surface area contributed by atoms with Crippen LogP contribution in [0.4, 0.5) is 5.69 Å². The lowest BCUT2D eigenvalue weighted by Crippen LogP contribution is -2.11. The van der Waals surface area contributed by atoms with Crippen molar-refractivity contribution in [2.45, 2.75) is 25.1 Å². The van der Waals surface area contributed by atoms with Crippen molar-refractivity contribution < 1.29 is 4.79 Å². The van der Waals surface area contributed by atoms with E-state index < -0.39 is 0 Å². The van der Waals surface area contributed by atoms with Crippen molar-refractivity contribution in [3.8, 4) is 0 Å². The number of rotatable bonds is 4. The molecule has 0 saturated heterocycles. The van der Waals surface area contributed by atoms with Crippen molar-refractivity contribution in [3.63, 3.8) is 0 Å². The Morgan fingerprint density at radius 1 is 1.05 bits per heavy atom. The van der Waals surface area contributed by atoms with Crippen LogP contribution in [0.3, 0.4) is 0 Å². The van der Waals surface area contributed by atoms with Gasteiger partial charge in [-0.15, -0.1) is 0 Å². The van der Waals surface area contributed by atoms with Crippen LogP contribution in [0.1, 0.15) is 41.3 Å². The molecule has 2 aromatic carbocycles. The zero-order valence-corrected chi connectivity index (χ0v) is 13.3. The number of amides is 1. The van der Waals surface area contributed by atoms with E-state index in [1.54, 1.807) is 0 Å². The van der Waals surface area contributed by atoms with Crippen LogP contribution in [0.2, 0.25) is 0 Å². The fourth-order valence-corrected chi connectivity index (χ4v) is 2.27. The van der Waals surface area contributed by atoms with Gasteiger partial charge in [0.2, 0.25) is 0 Å². The molecule has 0 aromatic heterocycles. The van der Waals surface area contributed by atoms with Gasteiger partial charge in [-0.2, -0.15) is 0 Å². The minimum absolute atomic E-state index is 0.0802. The summed E-state index contributed by atoms with van der Waals surface area (Å²) >= 11 is 3.39. The molecule has 0 atom stereocenters. The maximum Gasteiger partial charge on any atom is 0.255 e. The fourth-order valence-electron chi connectivity index (χ4n) is 1.90. The van der Waals surface area contributed by atoms with E-state index in [-0.39, 0.29) is 5.91 Å². The molecular formula is C17H18BrNO. The average molecular weight is 332 g/mol. The molecule has 0 aliphatic heterocycles. The van der Waals surface area contributed by atoms with Crippen molar-refractivity contribution in [3.05, 3.63) is 65.2 Å². The third-order valence-electron chi connectivity index (χ3n) is 3.21. The Balaban J connectivity index is 2.06. The summed E-state index contributed by atoms with van der Waals surface area (Å²) in [6.07, 6.45) is 0. The quantitative estimate of drug-likeness (QED) is 0.788. The zero-order chi connectivity index (χ0) is 14.5. The zero-order valence-electron chi connectivity index (χ0n) is 11.7. The lowest BCUT2D eigenvalue weighted by molar-refractivity contribution is 0.102. The molecule has 0 fully saturated rings. The molecule has 0 spiro atoms. The number of carbonyl (C=O) groups excluding carboxylic acids is 1. The van der Waals surface area contributed by atoms with Crippen molar-refractivity contribution >= 4 is 27.5 Å². The number of anilines is 1. The summed E-state index contributed by atoms with van der Waals surface area (Å²) in [5, 5.41) is 3.71. The first-order chi connectivity index (χ1) is 9.60. The van der Waals surface area contributed by atoms with E-state index in [0.29, 0.717) is 11.5 Å². The molecule has 1 amide bonds. The van der Waals surface area contributed by atoms with Gasteiger partial charge in [-0.3, -0.25) is 4.79 Å². The van der Waals surface area contributed by atoms with Crippen LogP contribution in [0.15, 0.2) is 48.5 Å². The molecule has 2 rings (SSSR count). The molecule has 0 saturated carbocycles. The maximum absolute atomic E-state index is 12.1. The smallest absolute Gasteiger partial charge is 0.255 e. The van der Waals surface area contributed by atoms with Crippen molar-refractivity contribution in [1.29, 1.82) is 0 Å². The first-order valence-corrected chi connectivity index (χ1v) is 7.78. The Hall–Kier alpha value is -1.61. The number of halogens is 1. The number of hydrogen-bond acceptors (Lipinski definition) is 1. The van der Waals surface area contributed by atoms with Gasteiger partial charge in [0.25, 0.3) is 5.91 Å². The van der Waals surface area contributed by atoms with Crippen LogP contribution >= 0.6 is 15.9 Å². The van der Waals surface area contributed by atoms with Gasteiger partial charge in [0.1, 0.15) is 0 Å². The largest absolute Gasteiger partial charge is 0.322 e. The Labute approximate surface area is 128 Å². The van der Waals surface area contributed by atoms with Gasteiger partial charge in [-0.05, 0) is 41.3 Å². The minimum Gasteiger partial charge on any atom is -0.322 e. The second-order valence-corrected chi connectivity index (χ2v) is 5.62. The molecular weight excluding hydrogens is 314 g/mol. The predicted molar refractivity (Wildman–Crippen MR) is 87.6 cm³/mol. The maximum atomic E-state index is 12.1. The summed E-state index contributed by atoms with van der Waals surface area (Å²) in [7, 11) is 0. The van der Waals surface area contributed by atoms with Crippen LogP contribution in [0, 0.1) is 0 Å². The van der Waals surface area contributed by atoms with E-state index in [1.165, 1.54) is 5.56 Å². The first kappa shape index (κ1) is 14.8. The predicted octanol–water partition coefficient (Wildman–Crippen LogP) is 4.96. The molecule has 0 bridgehead atoms. The minimum atomic E-state index is -0.0802. The molecule has 0 aliphatic carbocycles. The van der Waals surface area contributed by atoms with E-state index in [4.69, 9.17) is 0 Å². The second kappa shape index (κ2) is 6.71. The van der Waals surface area contributed by atoms with Gasteiger partial charge in [0.05, 0.1) is 0 Å². The average Bonchev–Trinajstić information content (AvgIpc) is 2.48. The van der Waals surface area contributed by atoms with E-state index in [0.717, 1.165) is 16.6 Å². The normalized spacial score (nSPS) is 10.6. The van der Waals surface area contributed by atoms with Crippen molar-refractivity contribution in [2.24, 2.45) is 0 Å². The highest BCUT2D eigenvalue weighted by atomic mass is 79.9. The van der Waals surface area contributed by atoms with Crippen LogP contribution in [-0.4, -0.2) is 5.91 Å². The summed E-state index contributed by atoms with van der Waals surface area (Å²) in [5.41, 5.74) is 3.92. The molecule has 0 aliphatic rings. The molecule has 0 unspecified atom stereocenters. The summed E-state index contributed by atoms with van der Waals surface area (Å²) in [6.45, 7) is 4.30. The van der Waals surface area contributed by atoms with Crippen LogP contribution in [0.25, 0.3) is 0 Å². The fraction of sp³-hybridized carbons (Fsp3) is 0.235. The van der Waals surface area contributed by atoms with E-state index >= 15 is 0 Å². The van der Waals surface area contributed by atoms with Crippen molar-refractivity contribution in [1.82, 2.24) is 0 Å². The van der Waals surface area contributed by atoms with Gasteiger partial charge in [0.15, 0.2) is 0 Å². The molecule has 104 valence electrons. The Morgan fingerprint density at radius 3 is 2.15 bits per heavy atom. The third kappa shape index (κ3) is 3.70. The molecule has 1 N–H and O–H groups in total. The van der Waals surface area contributed by atoms with Gasteiger partial charge in [-0.1, -0.05) is 54.0 Å². The van der Waals surface area contributed by atoms with Crippen LogP contribution in [0.5, 0.6) is 0 Å². The van der Waals surface area contributed by atoms with Crippen molar-refractivity contribution in [2.75, 3.05) is 5.32 Å². The third-order valence-corrected chi connectivity index (χ3v) is 3.85. The lowest BCUT2D eigenvalue weighted by Gasteiger charge is -2.08. The summed E-state index contributed by atoms with van der Waals surface area (Å²) < 4.78 is 0. The summed E-state index contributed by atoms with van der Waals surface area (Å²) in [4.78, 5) is 12.1. The highest BCUT2D eigenvalue weighted by Gasteiger charge is 2.06. The second-order valence-electron chi connectivity index (χ2n) is 5.06. The SMILES string of the molecule is CC(C)c1ccc(NC(=O)c2ccc(CBr)cc2)cc1. The Morgan fingerprint density at radius 2 is 1.65 bits per heavy atom. The molecule has 0 radical (unpaired) electrons. The molecule has 2 nitrogen and oxygen atoms in total. The van der Waals surface area contributed by atoms with E-state index in [9.17, 15) is 4.79 Å².